The van der Waals surface area contributed by atoms with Crippen molar-refractivity contribution in [1.29, 1.82) is 0 Å². The molecule has 0 spiro atoms. The molecule has 0 aliphatic carbocycles. The minimum Gasteiger partial charge on any atom is -0.484 e. The second-order valence-electron chi connectivity index (χ2n) is 12.4. The van der Waals surface area contributed by atoms with Gasteiger partial charge >= 0.3 is 0 Å². The quantitative estimate of drug-likeness (QED) is 0.266. The van der Waals surface area contributed by atoms with Gasteiger partial charge in [-0.2, -0.15) is 0 Å². The summed E-state index contributed by atoms with van der Waals surface area (Å²) in [4.78, 5) is 66.3. The number of ether oxygens (including phenoxy) is 1. The zero-order valence-corrected chi connectivity index (χ0v) is 27.3. The molecule has 0 saturated carbocycles. The third-order valence-corrected chi connectivity index (χ3v) is 7.45. The number of carbonyl (C=O) groups excluding carboxylic acids is 5. The van der Waals surface area contributed by atoms with Gasteiger partial charge in [-0.3, -0.25) is 24.0 Å². The number of aliphatic hydroxyl groups excluding tert-OH is 1. The Hall–Kier alpha value is -3.71. The zero-order valence-electron chi connectivity index (χ0n) is 27.3. The molecule has 1 aliphatic rings. The van der Waals surface area contributed by atoms with E-state index in [0.29, 0.717) is 56.6 Å². The fourth-order valence-electron chi connectivity index (χ4n) is 4.81. The number of rotatable bonds is 5. The van der Waals surface area contributed by atoms with Gasteiger partial charge in [0.15, 0.2) is 6.61 Å². The normalized spacial score (nSPS) is 21.8. The topological polar surface area (TPSA) is 192 Å². The third-order valence-electron chi connectivity index (χ3n) is 7.45. The fourth-order valence-corrected chi connectivity index (χ4v) is 4.81. The molecule has 7 N–H and O–H groups in total. The Kier molecular flexibility index (Phi) is 15.8. The Morgan fingerprint density at radius 3 is 2.31 bits per heavy atom. The summed E-state index contributed by atoms with van der Waals surface area (Å²) < 4.78 is 5.63. The van der Waals surface area contributed by atoms with Gasteiger partial charge in [-0.25, -0.2) is 0 Å². The molecule has 45 heavy (non-hydrogen) atoms. The third kappa shape index (κ3) is 13.4. The summed E-state index contributed by atoms with van der Waals surface area (Å²) in [5.74, 6) is -1.61. The van der Waals surface area contributed by atoms with Gasteiger partial charge < -0.3 is 41.7 Å². The van der Waals surface area contributed by atoms with Crippen molar-refractivity contribution < 1.29 is 33.8 Å². The van der Waals surface area contributed by atoms with E-state index in [1.165, 1.54) is 6.92 Å². The summed E-state index contributed by atoms with van der Waals surface area (Å²) in [6, 6.07) is 3.96. The van der Waals surface area contributed by atoms with Crippen molar-refractivity contribution in [3.8, 4) is 5.75 Å². The number of nitrogens with zero attached hydrogens (tertiary/aromatic N) is 1. The molecule has 13 heteroatoms. The van der Waals surface area contributed by atoms with E-state index in [-0.39, 0.29) is 43.2 Å². The number of benzene rings is 1. The van der Waals surface area contributed by atoms with E-state index in [9.17, 15) is 29.1 Å². The smallest absolute Gasteiger partial charge is 0.257 e. The first-order chi connectivity index (χ1) is 21.3. The van der Waals surface area contributed by atoms with E-state index in [1.807, 2.05) is 27.7 Å². The SMILES string of the molecule is CC(C)C[C@H]1NC(=O)Cc2cccc(c2)OCC(=O)NCCCN(C(=O)[C@H](N)C(C)C)CCCCNC(=O)[C@H]([C@@H](C)O)NC1=O. The summed E-state index contributed by atoms with van der Waals surface area (Å²) in [6.45, 7) is 10.2. The lowest BCUT2D eigenvalue weighted by Crippen LogP contribution is -2.57. The van der Waals surface area contributed by atoms with Crippen LogP contribution in [0.25, 0.3) is 0 Å². The van der Waals surface area contributed by atoms with Crippen LogP contribution in [0.1, 0.15) is 65.9 Å². The number of hydrogen-bond acceptors (Lipinski definition) is 8. The van der Waals surface area contributed by atoms with Gasteiger partial charge in [-0.1, -0.05) is 39.8 Å². The summed E-state index contributed by atoms with van der Waals surface area (Å²) in [7, 11) is 0. The predicted octanol–water partition coefficient (Wildman–Crippen LogP) is 0.233. The van der Waals surface area contributed by atoms with Gasteiger partial charge in [-0.05, 0) is 62.1 Å². The average Bonchev–Trinajstić information content (AvgIpc) is 2.97. The first-order valence-corrected chi connectivity index (χ1v) is 15.9. The number of aliphatic hydroxyl groups is 1. The minimum atomic E-state index is -1.22. The van der Waals surface area contributed by atoms with Crippen molar-refractivity contribution in [2.45, 2.75) is 91.0 Å². The molecule has 0 aromatic heterocycles. The van der Waals surface area contributed by atoms with Gasteiger partial charge in [0.1, 0.15) is 17.8 Å². The van der Waals surface area contributed by atoms with Crippen LogP contribution in [0, 0.1) is 11.8 Å². The van der Waals surface area contributed by atoms with Crippen molar-refractivity contribution in [2.75, 3.05) is 32.8 Å². The highest BCUT2D eigenvalue weighted by molar-refractivity contribution is 5.92. The molecular weight excluding hydrogens is 580 g/mol. The maximum absolute atomic E-state index is 13.3. The summed E-state index contributed by atoms with van der Waals surface area (Å²) in [6.07, 6.45) is 0.715. The molecule has 0 unspecified atom stereocenters. The molecule has 5 amide bonds. The van der Waals surface area contributed by atoms with Crippen LogP contribution in [-0.2, 0) is 30.4 Å². The number of nitrogens with one attached hydrogen (secondary N) is 4. The highest BCUT2D eigenvalue weighted by Crippen LogP contribution is 2.15. The lowest BCUT2D eigenvalue weighted by molar-refractivity contribution is -0.134. The Morgan fingerprint density at radius 1 is 0.956 bits per heavy atom. The number of fused-ring (bicyclic) bond motifs is 2. The van der Waals surface area contributed by atoms with E-state index in [0.717, 1.165) is 0 Å². The van der Waals surface area contributed by atoms with Crippen LogP contribution >= 0.6 is 0 Å². The predicted molar refractivity (Wildman–Crippen MR) is 170 cm³/mol. The van der Waals surface area contributed by atoms with Gasteiger partial charge in [0.2, 0.25) is 23.6 Å². The molecule has 252 valence electrons. The summed E-state index contributed by atoms with van der Waals surface area (Å²) in [5.41, 5.74) is 6.76. The zero-order chi connectivity index (χ0) is 33.5. The van der Waals surface area contributed by atoms with Crippen LogP contribution in [0.3, 0.4) is 0 Å². The molecule has 1 aromatic rings. The largest absolute Gasteiger partial charge is 0.484 e. The van der Waals surface area contributed by atoms with Crippen molar-refractivity contribution >= 4 is 29.5 Å². The molecule has 2 bridgehead atoms. The van der Waals surface area contributed by atoms with Gasteiger partial charge in [0, 0.05) is 26.2 Å². The molecule has 0 radical (unpaired) electrons. The highest BCUT2D eigenvalue weighted by Gasteiger charge is 2.30. The molecule has 1 aromatic carbocycles. The van der Waals surface area contributed by atoms with Crippen molar-refractivity contribution in [1.82, 2.24) is 26.2 Å². The van der Waals surface area contributed by atoms with Gasteiger partial charge in [0.25, 0.3) is 5.91 Å². The lowest BCUT2D eigenvalue weighted by atomic mass is 10.0. The number of carbonyl (C=O) groups is 5. The molecule has 4 atom stereocenters. The number of hydrogen-bond donors (Lipinski definition) is 6. The highest BCUT2D eigenvalue weighted by atomic mass is 16.5. The van der Waals surface area contributed by atoms with Crippen LogP contribution in [0.5, 0.6) is 5.75 Å². The van der Waals surface area contributed by atoms with Crippen molar-refractivity contribution in [3.63, 3.8) is 0 Å². The van der Waals surface area contributed by atoms with Crippen LogP contribution < -0.4 is 31.7 Å². The maximum atomic E-state index is 13.3. The van der Waals surface area contributed by atoms with E-state index >= 15 is 0 Å². The average molecular weight is 633 g/mol. The van der Waals surface area contributed by atoms with E-state index in [4.69, 9.17) is 10.5 Å². The second kappa shape index (κ2) is 18.9. The van der Waals surface area contributed by atoms with Gasteiger partial charge in [0.05, 0.1) is 18.6 Å². The molecule has 13 nitrogen and oxygen atoms in total. The fraction of sp³-hybridized carbons (Fsp3) is 0.656. The molecular formula is C32H52N6O7. The van der Waals surface area contributed by atoms with Crippen molar-refractivity contribution in [2.24, 2.45) is 17.6 Å². The molecule has 0 saturated heterocycles. The van der Waals surface area contributed by atoms with Gasteiger partial charge in [-0.15, -0.1) is 0 Å². The Labute approximate surface area is 266 Å². The molecule has 1 aliphatic heterocycles. The first kappa shape index (κ1) is 37.5. The Morgan fingerprint density at radius 2 is 1.64 bits per heavy atom. The first-order valence-electron chi connectivity index (χ1n) is 15.9. The van der Waals surface area contributed by atoms with Crippen molar-refractivity contribution in [3.05, 3.63) is 29.8 Å². The van der Waals surface area contributed by atoms with Crippen LogP contribution in [0.15, 0.2) is 24.3 Å². The molecule has 1 heterocycles. The summed E-state index contributed by atoms with van der Waals surface area (Å²) >= 11 is 0. The second-order valence-corrected chi connectivity index (χ2v) is 12.4. The monoisotopic (exact) mass is 632 g/mol. The number of amides is 5. The van der Waals surface area contributed by atoms with Crippen LogP contribution in [-0.4, -0.2) is 96.6 Å². The van der Waals surface area contributed by atoms with Crippen LogP contribution in [0.2, 0.25) is 0 Å². The minimum absolute atomic E-state index is 0.0404. The van der Waals surface area contributed by atoms with E-state index in [1.54, 1.807) is 29.2 Å². The Balaban J connectivity index is 2.24. The summed E-state index contributed by atoms with van der Waals surface area (Å²) in [5, 5.41) is 21.2. The Bertz CT molecular complexity index is 1140. The van der Waals surface area contributed by atoms with Crippen LogP contribution in [0.4, 0.5) is 0 Å². The van der Waals surface area contributed by atoms with E-state index < -0.39 is 42.0 Å². The maximum Gasteiger partial charge on any atom is 0.257 e. The van der Waals surface area contributed by atoms with E-state index in [2.05, 4.69) is 21.3 Å². The number of nitrogens with two attached hydrogens (primary N) is 1. The molecule has 0 fully saturated rings. The standard InChI is InChI=1S/C32H52N6O7/c1-20(2)16-25-30(42)37-29(22(5)39)31(43)35-12-6-7-14-38(32(44)28(33)21(3)4)15-9-13-34-27(41)19-45-24-11-8-10-23(17-24)18-26(40)36-25/h8,10-11,17,20-22,25,28-29,39H,6-7,9,12-16,18-19,33H2,1-5H3,(H,34,41)(H,35,43)(H,36,40)(H,37,42)/t22-,25-,28-,29+/m1/s1. The molecule has 2 rings (SSSR count). The lowest BCUT2D eigenvalue weighted by Gasteiger charge is -2.28.